The second kappa shape index (κ2) is 10.9. The van der Waals surface area contributed by atoms with Crippen LogP contribution in [0.25, 0.3) is 10.9 Å². The van der Waals surface area contributed by atoms with Gasteiger partial charge in [0, 0.05) is 10.9 Å². The van der Waals surface area contributed by atoms with Gasteiger partial charge < -0.3 is 9.84 Å². The molecule has 0 aliphatic rings. The fourth-order valence-electron chi connectivity index (χ4n) is 2.86. The molecule has 1 N–H and O–H groups in total. The normalized spacial score (nSPS) is 11.4. The van der Waals surface area contributed by atoms with Crippen molar-refractivity contribution in [1.29, 1.82) is 0 Å². The molecule has 1 aromatic heterocycles. The molecule has 2 aromatic carbocycles. The van der Waals surface area contributed by atoms with Crippen molar-refractivity contribution in [2.24, 2.45) is 5.10 Å². The molecule has 0 aliphatic heterocycles. The summed E-state index contributed by atoms with van der Waals surface area (Å²) in [4.78, 5) is 28.6. The average molecular weight is 710 g/mol. The molecular formula is C21H18BrI2N3O4. The first kappa shape index (κ1) is 24.1. The number of fused-ring (bicyclic) bond motifs is 1. The number of ether oxygens (including phenoxy) is 1. The highest BCUT2D eigenvalue weighted by Crippen LogP contribution is 2.28. The van der Waals surface area contributed by atoms with E-state index in [1.165, 1.54) is 4.68 Å². The standard InChI is InChI=1S/C21H18BrI2N3O4/c1-2-3-4-18-26-17-6-5-13(22)9-14(17)21(30)27(18)25-10-12-7-15(23)20(16(24)8-12)31-11-19(28)29/h5-10H,2-4,11H2,1H3,(H,28,29). The fraction of sp³-hybridized carbons (Fsp3) is 0.238. The van der Waals surface area contributed by atoms with E-state index in [1.54, 1.807) is 12.3 Å². The van der Waals surface area contributed by atoms with E-state index in [-0.39, 0.29) is 5.56 Å². The Morgan fingerprint density at radius 1 is 1.29 bits per heavy atom. The van der Waals surface area contributed by atoms with Gasteiger partial charge in [0.15, 0.2) is 6.61 Å². The number of carbonyl (C=O) groups is 1. The van der Waals surface area contributed by atoms with Gasteiger partial charge in [0.05, 0.1) is 24.3 Å². The van der Waals surface area contributed by atoms with E-state index in [4.69, 9.17) is 9.84 Å². The minimum atomic E-state index is -1.04. The van der Waals surface area contributed by atoms with Crippen LogP contribution in [0.1, 0.15) is 31.2 Å². The predicted octanol–water partition coefficient (Wildman–Crippen LogP) is 5.06. The average Bonchev–Trinajstić information content (AvgIpc) is 2.71. The molecule has 0 saturated heterocycles. The Hall–Kier alpha value is -1.54. The molecule has 0 unspecified atom stereocenters. The third-order valence-electron chi connectivity index (χ3n) is 4.31. The Bertz CT molecular complexity index is 1200. The van der Waals surface area contributed by atoms with Crippen LogP contribution in [0.15, 0.2) is 44.7 Å². The molecule has 3 aromatic rings. The SMILES string of the molecule is CCCCc1nc2ccc(Br)cc2c(=O)n1N=Cc1cc(I)c(OCC(=O)O)c(I)c1. The molecule has 0 bridgehead atoms. The lowest BCUT2D eigenvalue weighted by Gasteiger charge is -2.10. The van der Waals surface area contributed by atoms with Crippen LogP contribution in [0.4, 0.5) is 0 Å². The van der Waals surface area contributed by atoms with Gasteiger partial charge in [-0.3, -0.25) is 4.79 Å². The number of carboxylic acid groups (broad SMARTS) is 1. The predicted molar refractivity (Wildman–Crippen MR) is 140 cm³/mol. The van der Waals surface area contributed by atoms with Crippen molar-refractivity contribution in [3.05, 3.63) is 63.7 Å². The highest BCUT2D eigenvalue weighted by atomic mass is 127. The summed E-state index contributed by atoms with van der Waals surface area (Å²) in [6, 6.07) is 9.09. The third-order valence-corrected chi connectivity index (χ3v) is 6.41. The van der Waals surface area contributed by atoms with Crippen LogP contribution in [0.2, 0.25) is 0 Å². The van der Waals surface area contributed by atoms with E-state index in [9.17, 15) is 9.59 Å². The van der Waals surface area contributed by atoms with Crippen LogP contribution in [-0.2, 0) is 11.2 Å². The molecule has 0 amide bonds. The second-order valence-corrected chi connectivity index (χ2v) is 9.89. The van der Waals surface area contributed by atoms with Crippen molar-refractivity contribution in [3.8, 4) is 5.75 Å². The van der Waals surface area contributed by atoms with E-state index in [0.717, 1.165) is 30.0 Å². The number of unbranched alkanes of at least 4 members (excludes halogenated alkanes) is 1. The summed E-state index contributed by atoms with van der Waals surface area (Å²) in [5.74, 6) is 0.0918. The number of hydrogen-bond acceptors (Lipinski definition) is 5. The van der Waals surface area contributed by atoms with Gasteiger partial charge in [-0.2, -0.15) is 9.78 Å². The Labute approximate surface area is 214 Å². The van der Waals surface area contributed by atoms with Gasteiger partial charge in [0.2, 0.25) is 0 Å². The second-order valence-electron chi connectivity index (χ2n) is 6.65. The summed E-state index contributed by atoms with van der Waals surface area (Å²) in [5, 5.41) is 13.8. The fourth-order valence-corrected chi connectivity index (χ4v) is 5.35. The van der Waals surface area contributed by atoms with Crippen molar-refractivity contribution in [1.82, 2.24) is 9.66 Å². The first-order valence-corrected chi connectivity index (χ1v) is 12.3. The van der Waals surface area contributed by atoms with Crippen molar-refractivity contribution < 1.29 is 14.6 Å². The van der Waals surface area contributed by atoms with Crippen molar-refractivity contribution in [2.45, 2.75) is 26.2 Å². The quantitative estimate of drug-likeness (QED) is 0.261. The Morgan fingerprint density at radius 2 is 2.00 bits per heavy atom. The Morgan fingerprint density at radius 3 is 2.65 bits per heavy atom. The molecular weight excluding hydrogens is 692 g/mol. The van der Waals surface area contributed by atoms with Gasteiger partial charge in [-0.1, -0.05) is 29.3 Å². The first-order chi connectivity index (χ1) is 14.8. The zero-order valence-electron chi connectivity index (χ0n) is 16.4. The monoisotopic (exact) mass is 709 g/mol. The molecule has 0 radical (unpaired) electrons. The van der Waals surface area contributed by atoms with Crippen molar-refractivity contribution in [2.75, 3.05) is 6.61 Å². The van der Waals surface area contributed by atoms with Gasteiger partial charge in [0.1, 0.15) is 11.6 Å². The first-order valence-electron chi connectivity index (χ1n) is 9.39. The lowest BCUT2D eigenvalue weighted by molar-refractivity contribution is -0.139. The molecule has 0 fully saturated rings. The molecule has 162 valence electrons. The number of aryl methyl sites for hydroxylation is 1. The number of halogens is 3. The van der Waals surface area contributed by atoms with Crippen LogP contribution in [0.5, 0.6) is 5.75 Å². The highest BCUT2D eigenvalue weighted by Gasteiger charge is 2.12. The summed E-state index contributed by atoms with van der Waals surface area (Å²) in [6.07, 6.45) is 4.13. The van der Waals surface area contributed by atoms with Gasteiger partial charge in [-0.25, -0.2) is 9.78 Å². The van der Waals surface area contributed by atoms with Gasteiger partial charge in [-0.05, 0) is 87.5 Å². The van der Waals surface area contributed by atoms with Gasteiger partial charge in [-0.15, -0.1) is 0 Å². The van der Waals surface area contributed by atoms with E-state index >= 15 is 0 Å². The summed E-state index contributed by atoms with van der Waals surface area (Å²) < 4.78 is 9.03. The van der Waals surface area contributed by atoms with E-state index in [1.807, 2.05) is 24.3 Å². The number of aliphatic carboxylic acids is 1. The Balaban J connectivity index is 2.02. The Kier molecular flexibility index (Phi) is 8.44. The largest absolute Gasteiger partial charge is 0.480 e. The zero-order valence-corrected chi connectivity index (χ0v) is 22.3. The summed E-state index contributed by atoms with van der Waals surface area (Å²) in [5.41, 5.74) is 1.19. The number of benzene rings is 2. The number of rotatable bonds is 8. The number of hydrogen-bond donors (Lipinski definition) is 1. The van der Waals surface area contributed by atoms with E-state index < -0.39 is 12.6 Å². The van der Waals surface area contributed by atoms with Crippen LogP contribution in [0, 0.1) is 7.14 Å². The smallest absolute Gasteiger partial charge is 0.341 e. The molecule has 0 atom stereocenters. The van der Waals surface area contributed by atoms with Gasteiger partial charge in [0.25, 0.3) is 5.56 Å². The molecule has 0 spiro atoms. The summed E-state index contributed by atoms with van der Waals surface area (Å²) >= 11 is 7.59. The molecule has 7 nitrogen and oxygen atoms in total. The van der Waals surface area contributed by atoms with E-state index in [0.29, 0.717) is 28.9 Å². The lowest BCUT2D eigenvalue weighted by atomic mass is 10.2. The number of aromatic nitrogens is 2. The van der Waals surface area contributed by atoms with Crippen molar-refractivity contribution >= 4 is 84.2 Å². The summed E-state index contributed by atoms with van der Waals surface area (Å²) in [7, 11) is 0. The zero-order chi connectivity index (χ0) is 22.5. The van der Waals surface area contributed by atoms with Crippen LogP contribution in [0.3, 0.4) is 0 Å². The van der Waals surface area contributed by atoms with Crippen LogP contribution >= 0.6 is 61.1 Å². The molecule has 10 heteroatoms. The number of carboxylic acids is 1. The summed E-state index contributed by atoms with van der Waals surface area (Å²) in [6.45, 7) is 1.68. The van der Waals surface area contributed by atoms with Crippen LogP contribution < -0.4 is 10.3 Å². The highest BCUT2D eigenvalue weighted by molar-refractivity contribution is 14.1. The topological polar surface area (TPSA) is 93.8 Å². The maximum absolute atomic E-state index is 13.1. The molecule has 3 rings (SSSR count). The van der Waals surface area contributed by atoms with Crippen LogP contribution in [-0.4, -0.2) is 33.6 Å². The minimum Gasteiger partial charge on any atom is -0.480 e. The molecule has 0 saturated carbocycles. The van der Waals surface area contributed by atoms with E-state index in [2.05, 4.69) is 78.1 Å². The van der Waals surface area contributed by atoms with Crippen molar-refractivity contribution in [3.63, 3.8) is 0 Å². The minimum absolute atomic E-state index is 0.223. The molecule has 1 heterocycles. The maximum Gasteiger partial charge on any atom is 0.341 e. The molecule has 31 heavy (non-hydrogen) atoms. The van der Waals surface area contributed by atoms with Gasteiger partial charge >= 0.3 is 5.97 Å². The maximum atomic E-state index is 13.1. The third kappa shape index (κ3) is 6.04. The molecule has 0 aliphatic carbocycles. The number of nitrogens with zero attached hydrogens (tertiary/aromatic N) is 3. The lowest BCUT2D eigenvalue weighted by Crippen LogP contribution is -2.22.